The Labute approximate surface area is 565 Å². The summed E-state index contributed by atoms with van der Waals surface area (Å²) < 4.78 is 23.9. The number of allylic oxidation sites excluding steroid dienone is 10. The van der Waals surface area contributed by atoms with Crippen molar-refractivity contribution >= 4 is 60.3 Å². The van der Waals surface area contributed by atoms with Crippen molar-refractivity contribution in [2.75, 3.05) is 36.2 Å². The number of carbonyl (C=O) groups is 6. The molecular weight excluding hydrogens is 1090 g/mol. The molecule has 0 aliphatic carbocycles. The molecule has 2 unspecified atom stereocenters. The molecule has 1 aliphatic heterocycles. The molecule has 78 heavy (non-hydrogen) atoms. The Morgan fingerprint density at radius 1 is 0.603 bits per heavy atom. The van der Waals surface area contributed by atoms with Crippen LogP contribution in [0.2, 0.25) is 0 Å². The second-order valence-corrected chi connectivity index (χ2v) is 23.2. The molecule has 21 heteroatoms. The zero-order valence-corrected chi connectivity index (χ0v) is 58.5. The smallest absolute Gasteiger partial charge is 1.00 e. The summed E-state index contributed by atoms with van der Waals surface area (Å²) >= 11 is 3.05. The van der Waals surface area contributed by atoms with E-state index < -0.39 is 59.2 Å². The van der Waals surface area contributed by atoms with Crippen molar-refractivity contribution in [3.05, 3.63) is 69.9 Å². The SMILES string of the molecule is C.C1CCOC1.CC(C)(C)OC(=O)OC(=O)OC(C)(C)C.CC(C)=CCC/C(C)=C/CC/C(C)=C/CSCC(N)C(=O)O.CC(C)=CCC/C(C)=C/CC/C(C)=C/CSCC(NC(=O)OC(C)(C)C)C(=O)O.O=CO[O-].[H-].[K+].[K+]. The average molecular weight is 1200 g/mol. The summed E-state index contributed by atoms with van der Waals surface area (Å²) in [5.74, 6) is 0.314. The first kappa shape index (κ1) is 90.5. The predicted octanol–water partition coefficient (Wildman–Crippen LogP) is 7.53. The van der Waals surface area contributed by atoms with Gasteiger partial charge in [-0.2, -0.15) is 23.5 Å². The minimum absolute atomic E-state index is 0. The molecule has 1 rings (SSSR count). The van der Waals surface area contributed by atoms with Crippen LogP contribution in [0.4, 0.5) is 14.4 Å². The number of rotatable bonds is 24. The van der Waals surface area contributed by atoms with Crippen LogP contribution < -0.4 is 119 Å². The van der Waals surface area contributed by atoms with E-state index in [9.17, 15) is 29.1 Å². The molecule has 1 amide bonds. The van der Waals surface area contributed by atoms with Gasteiger partial charge in [-0.15, -0.1) is 0 Å². The number of hydrogen-bond acceptors (Lipinski definition) is 16. The van der Waals surface area contributed by atoms with Gasteiger partial charge in [-0.1, -0.05) is 77.3 Å². The molecule has 0 saturated carbocycles. The number of amides is 1. The Morgan fingerprint density at radius 2 is 0.936 bits per heavy atom. The number of alkyl carbamates (subject to hydrolysis) is 1. The van der Waals surface area contributed by atoms with Crippen LogP contribution in [-0.2, 0) is 43.0 Å². The van der Waals surface area contributed by atoms with Crippen LogP contribution in [0.15, 0.2) is 69.9 Å². The van der Waals surface area contributed by atoms with Crippen molar-refractivity contribution in [3.8, 4) is 0 Å². The molecule has 0 aromatic rings. The fourth-order valence-electron chi connectivity index (χ4n) is 5.28. The van der Waals surface area contributed by atoms with Gasteiger partial charge in [0.1, 0.15) is 28.9 Å². The first-order valence-electron chi connectivity index (χ1n) is 25.3. The van der Waals surface area contributed by atoms with E-state index in [1.807, 2.05) is 0 Å². The first-order chi connectivity index (χ1) is 34.6. The van der Waals surface area contributed by atoms with E-state index in [0.29, 0.717) is 11.5 Å². The fourth-order valence-corrected chi connectivity index (χ4v) is 7.21. The van der Waals surface area contributed by atoms with Crippen LogP contribution in [0.5, 0.6) is 0 Å². The maximum absolute atomic E-state index is 11.8. The van der Waals surface area contributed by atoms with Crippen molar-refractivity contribution in [2.24, 2.45) is 5.73 Å². The number of nitrogens with one attached hydrogen (secondary N) is 1. The van der Waals surface area contributed by atoms with Gasteiger partial charge in [-0.05, 0) is 182 Å². The first-order valence-corrected chi connectivity index (χ1v) is 27.6. The van der Waals surface area contributed by atoms with Gasteiger partial charge in [0.05, 0.1) is 0 Å². The molecule has 1 heterocycles. The summed E-state index contributed by atoms with van der Waals surface area (Å²) in [6.45, 7) is 34.2. The van der Waals surface area contributed by atoms with E-state index in [2.05, 4.69) is 107 Å². The number of hydrogen-bond donors (Lipinski definition) is 4. The van der Waals surface area contributed by atoms with Gasteiger partial charge in [-0.25, -0.2) is 19.2 Å². The number of carboxylic acids is 2. The Hall–Kier alpha value is -1.29. The molecule has 0 bridgehead atoms. The molecule has 17 nitrogen and oxygen atoms in total. The molecular formula is C57H102K2N2O15S2. The Bertz CT molecular complexity index is 1790. The third kappa shape index (κ3) is 74.7. The van der Waals surface area contributed by atoms with Crippen molar-refractivity contribution in [3.63, 3.8) is 0 Å². The predicted molar refractivity (Wildman–Crippen MR) is 310 cm³/mol. The monoisotopic (exact) mass is 1200 g/mol. The van der Waals surface area contributed by atoms with E-state index in [-0.39, 0.29) is 118 Å². The normalized spacial score (nSPS) is 13.1. The van der Waals surface area contributed by atoms with Gasteiger partial charge in [0.25, 0.3) is 6.47 Å². The fraction of sp³-hybridized carbons (Fsp3) is 0.684. The summed E-state index contributed by atoms with van der Waals surface area (Å²) in [4.78, 5) is 66.9. The molecule has 5 N–H and O–H groups in total. The number of ether oxygens (including phenoxy) is 5. The van der Waals surface area contributed by atoms with Gasteiger partial charge in [0.15, 0.2) is 0 Å². The maximum Gasteiger partial charge on any atom is 1.00 e. The third-order valence-electron chi connectivity index (χ3n) is 9.05. The van der Waals surface area contributed by atoms with E-state index in [0.717, 1.165) is 76.1 Å². The van der Waals surface area contributed by atoms with Crippen molar-refractivity contribution < 1.29 is 177 Å². The number of thioether (sulfide) groups is 2. The number of carboxylic acid groups (broad SMARTS) is 2. The second kappa shape index (κ2) is 54.9. The minimum atomic E-state index is -1.06. The second-order valence-electron chi connectivity index (χ2n) is 21.0. The summed E-state index contributed by atoms with van der Waals surface area (Å²) in [6.07, 6.45) is 21.8. The molecule has 1 aliphatic rings. The standard InChI is InChI=1S/C23H39NO4S.C18H31NO2S.C10H18O5.C4H8O.CH2O3.CH4.2K.H/c1-17(2)10-8-11-18(3)12-9-13-19(4)14-15-29-16-20(21(25)26)24-22(27)28-23(5,6)7;1-14(2)7-5-8-15(3)9-6-10-16(4)11-12-22-13-17(19)18(20)21;1-9(2,3)14-7(11)13-8(12)15-10(4,5)6;1-2-4-5-3-1;2-1-4-3;;;;/h10,12,14,20H,8-9,11,13,15-16H2,1-7H3,(H,24,27)(H,25,26);7,9,11,17H,5-6,8,10,12-13,19H2,1-4H3,(H,20,21);1-6H3;1-4H2;1,3H;1H4;;;/q;;;;;;2*+1;-1/p-1/b18-12+,19-14+;15-9+,16-11+;;;;;;;. The van der Waals surface area contributed by atoms with Crippen molar-refractivity contribution in [1.82, 2.24) is 5.32 Å². The van der Waals surface area contributed by atoms with Crippen LogP contribution in [0, 0.1) is 0 Å². The van der Waals surface area contributed by atoms with Gasteiger partial charge >= 0.3 is 133 Å². The summed E-state index contributed by atoms with van der Waals surface area (Å²) in [5.41, 5.74) is 11.7. The molecule has 444 valence electrons. The van der Waals surface area contributed by atoms with Crippen molar-refractivity contribution in [2.45, 2.75) is 218 Å². The molecule has 1 fully saturated rings. The van der Waals surface area contributed by atoms with E-state index in [1.165, 1.54) is 58.0 Å². The van der Waals surface area contributed by atoms with Crippen molar-refractivity contribution in [1.29, 1.82) is 0 Å². The molecule has 0 radical (unpaired) electrons. The van der Waals surface area contributed by atoms with Crippen LogP contribution in [0.25, 0.3) is 0 Å². The molecule has 1 saturated heterocycles. The van der Waals surface area contributed by atoms with Gasteiger partial charge in [0, 0.05) is 36.2 Å². The Kier molecular flexibility index (Phi) is 63.7. The number of aliphatic carboxylic acids is 2. The summed E-state index contributed by atoms with van der Waals surface area (Å²) in [6, 6.07) is -1.72. The van der Waals surface area contributed by atoms with Gasteiger partial charge in [0.2, 0.25) is 0 Å². The quantitative estimate of drug-likeness (QED) is 0.00838. The van der Waals surface area contributed by atoms with Gasteiger partial charge in [-0.3, -0.25) is 9.59 Å². The summed E-state index contributed by atoms with van der Waals surface area (Å²) in [5, 5.41) is 28.8. The maximum atomic E-state index is 11.8. The largest absolute Gasteiger partial charge is 1.00 e. The molecule has 0 aromatic carbocycles. The Morgan fingerprint density at radius 3 is 1.22 bits per heavy atom. The van der Waals surface area contributed by atoms with Crippen LogP contribution >= 0.6 is 23.5 Å². The van der Waals surface area contributed by atoms with Crippen LogP contribution in [-0.4, -0.2) is 112 Å². The third-order valence-corrected chi connectivity index (χ3v) is 11.0. The molecule has 0 aromatic heterocycles. The van der Waals surface area contributed by atoms with Gasteiger partial charge < -0.3 is 56.5 Å². The number of nitrogens with two attached hydrogens (primary N) is 1. The average Bonchev–Trinajstić information content (AvgIpc) is 3.85. The molecule has 2 atom stereocenters. The zero-order chi connectivity index (χ0) is 58.6. The van der Waals surface area contributed by atoms with Crippen LogP contribution in [0.3, 0.4) is 0 Å². The minimum Gasteiger partial charge on any atom is -1.00 e. The summed E-state index contributed by atoms with van der Waals surface area (Å²) in [7, 11) is 0. The zero-order valence-electron chi connectivity index (χ0n) is 51.6. The van der Waals surface area contributed by atoms with E-state index >= 15 is 0 Å². The van der Waals surface area contributed by atoms with E-state index in [4.69, 9.17) is 39.8 Å². The number of carbonyl (C=O) groups excluding carboxylic acids is 4. The molecule has 0 spiro atoms. The topological polar surface area (TPSA) is 259 Å². The van der Waals surface area contributed by atoms with E-state index in [1.54, 1.807) is 74.1 Å². The van der Waals surface area contributed by atoms with Crippen LogP contribution in [0.1, 0.15) is 191 Å². The Balaban J connectivity index is -0.000000148.